The standard InChI is InChI=1S/C22H18N4O2/c1-28-17-13-11-16(12-14-17)25-20(15-7-3-2-4-8-15)21(22(25)27)26-19-10-6-5-9-18(19)23-24-26/h2-14,20-21H,1H3/t20-,21-/m1/s1. The van der Waals surface area contributed by atoms with Crippen LogP contribution in [0.3, 0.4) is 0 Å². The van der Waals surface area contributed by atoms with Crippen LogP contribution in [-0.2, 0) is 4.79 Å². The van der Waals surface area contributed by atoms with Gasteiger partial charge in [0.15, 0.2) is 6.04 Å². The van der Waals surface area contributed by atoms with Crippen LogP contribution in [0.2, 0.25) is 0 Å². The number of benzene rings is 3. The van der Waals surface area contributed by atoms with Crippen molar-refractivity contribution in [3.05, 3.63) is 84.4 Å². The minimum Gasteiger partial charge on any atom is -0.497 e. The predicted octanol–water partition coefficient (Wildman–Crippen LogP) is 3.77. The number of carbonyl (C=O) groups excluding carboxylic acids is 1. The van der Waals surface area contributed by atoms with E-state index < -0.39 is 6.04 Å². The van der Waals surface area contributed by atoms with Gasteiger partial charge < -0.3 is 9.64 Å². The number of para-hydroxylation sites is 1. The highest BCUT2D eigenvalue weighted by molar-refractivity contribution is 6.05. The number of aromatic nitrogens is 3. The lowest BCUT2D eigenvalue weighted by Crippen LogP contribution is -2.56. The molecule has 0 bridgehead atoms. The van der Waals surface area contributed by atoms with E-state index in [9.17, 15) is 4.79 Å². The van der Waals surface area contributed by atoms with Crippen LogP contribution in [-0.4, -0.2) is 28.0 Å². The van der Waals surface area contributed by atoms with E-state index in [2.05, 4.69) is 10.3 Å². The van der Waals surface area contributed by atoms with E-state index in [0.29, 0.717) is 0 Å². The highest BCUT2D eigenvalue weighted by Crippen LogP contribution is 2.46. The Balaban J connectivity index is 1.60. The zero-order valence-electron chi connectivity index (χ0n) is 15.3. The fourth-order valence-corrected chi connectivity index (χ4v) is 3.82. The average Bonchev–Trinajstić information content (AvgIpc) is 3.16. The van der Waals surface area contributed by atoms with Gasteiger partial charge in [0.05, 0.1) is 18.7 Å². The van der Waals surface area contributed by atoms with Crippen molar-refractivity contribution in [2.45, 2.75) is 12.1 Å². The van der Waals surface area contributed by atoms with Gasteiger partial charge in [0.25, 0.3) is 5.91 Å². The summed E-state index contributed by atoms with van der Waals surface area (Å²) >= 11 is 0. The largest absolute Gasteiger partial charge is 0.497 e. The maximum atomic E-state index is 13.2. The van der Waals surface area contributed by atoms with E-state index in [1.807, 2.05) is 83.8 Å². The molecule has 3 aromatic carbocycles. The molecule has 5 rings (SSSR count). The Bertz CT molecular complexity index is 1140. The maximum absolute atomic E-state index is 13.2. The Kier molecular flexibility index (Phi) is 3.83. The summed E-state index contributed by atoms with van der Waals surface area (Å²) in [6.07, 6.45) is 0. The van der Waals surface area contributed by atoms with Gasteiger partial charge in [-0.3, -0.25) is 4.79 Å². The number of methoxy groups -OCH3 is 1. The van der Waals surface area contributed by atoms with Gasteiger partial charge in [-0.15, -0.1) is 5.10 Å². The molecular weight excluding hydrogens is 352 g/mol. The molecular formula is C22H18N4O2. The number of hydrogen-bond acceptors (Lipinski definition) is 4. The summed E-state index contributed by atoms with van der Waals surface area (Å²) in [4.78, 5) is 15.1. The first kappa shape index (κ1) is 16.5. The van der Waals surface area contributed by atoms with Gasteiger partial charge in [0.2, 0.25) is 0 Å². The number of nitrogens with zero attached hydrogens (tertiary/aromatic N) is 4. The third-order valence-electron chi connectivity index (χ3n) is 5.20. The number of hydrogen-bond donors (Lipinski definition) is 0. The lowest BCUT2D eigenvalue weighted by atomic mass is 9.87. The number of carbonyl (C=O) groups is 1. The minimum absolute atomic E-state index is 0.00493. The third kappa shape index (κ3) is 2.45. The van der Waals surface area contributed by atoms with Gasteiger partial charge in [-0.2, -0.15) is 0 Å². The summed E-state index contributed by atoms with van der Waals surface area (Å²) < 4.78 is 6.99. The van der Waals surface area contributed by atoms with Gasteiger partial charge in [-0.05, 0) is 42.0 Å². The Morgan fingerprint density at radius 1 is 0.857 bits per heavy atom. The monoisotopic (exact) mass is 370 g/mol. The van der Waals surface area contributed by atoms with E-state index in [-0.39, 0.29) is 11.9 Å². The van der Waals surface area contributed by atoms with Gasteiger partial charge >= 0.3 is 0 Å². The van der Waals surface area contributed by atoms with E-state index in [4.69, 9.17) is 4.74 Å². The van der Waals surface area contributed by atoms with Crippen LogP contribution in [0.15, 0.2) is 78.9 Å². The normalized spacial score (nSPS) is 18.9. The molecule has 0 saturated carbocycles. The summed E-state index contributed by atoms with van der Waals surface area (Å²) in [5.74, 6) is 0.751. The van der Waals surface area contributed by atoms with Crippen LogP contribution in [0.4, 0.5) is 5.69 Å². The molecule has 1 fully saturated rings. The second-order valence-electron chi connectivity index (χ2n) is 6.73. The summed E-state index contributed by atoms with van der Waals surface area (Å²) in [5, 5.41) is 8.53. The Hall–Kier alpha value is -3.67. The fourth-order valence-electron chi connectivity index (χ4n) is 3.82. The molecule has 1 saturated heterocycles. The number of anilines is 1. The van der Waals surface area contributed by atoms with Crippen LogP contribution < -0.4 is 9.64 Å². The van der Waals surface area contributed by atoms with Crippen LogP contribution in [0, 0.1) is 0 Å². The van der Waals surface area contributed by atoms with Crippen molar-refractivity contribution < 1.29 is 9.53 Å². The average molecular weight is 370 g/mol. The zero-order chi connectivity index (χ0) is 19.1. The number of amides is 1. The van der Waals surface area contributed by atoms with Crippen molar-refractivity contribution in [1.29, 1.82) is 0 Å². The number of β-lactam (4-membered cyclic amide) rings is 1. The minimum atomic E-state index is -0.433. The molecule has 6 nitrogen and oxygen atoms in total. The molecule has 1 aliphatic rings. The molecule has 1 aliphatic heterocycles. The Labute approximate surface area is 162 Å². The molecule has 0 unspecified atom stereocenters. The van der Waals surface area contributed by atoms with Crippen LogP contribution in [0.5, 0.6) is 5.75 Å². The molecule has 2 atom stereocenters. The Morgan fingerprint density at radius 3 is 2.32 bits per heavy atom. The van der Waals surface area contributed by atoms with Gasteiger partial charge in [-0.25, -0.2) is 4.68 Å². The van der Waals surface area contributed by atoms with E-state index in [1.165, 1.54) is 0 Å². The number of rotatable bonds is 4. The molecule has 2 heterocycles. The van der Waals surface area contributed by atoms with E-state index in [0.717, 1.165) is 28.0 Å². The maximum Gasteiger partial charge on any atom is 0.255 e. The molecule has 0 aliphatic carbocycles. The van der Waals surface area contributed by atoms with Crippen LogP contribution in [0.1, 0.15) is 17.6 Å². The summed E-state index contributed by atoms with van der Waals surface area (Å²) in [7, 11) is 1.63. The van der Waals surface area contributed by atoms with Crippen molar-refractivity contribution in [1.82, 2.24) is 15.0 Å². The topological polar surface area (TPSA) is 60.2 Å². The molecule has 6 heteroatoms. The molecule has 1 aromatic heterocycles. The SMILES string of the molecule is COc1ccc(N2C(=O)[C@H](n3nnc4ccccc43)[C@H]2c2ccccc2)cc1. The van der Waals surface area contributed by atoms with Crippen molar-refractivity contribution in [2.75, 3.05) is 12.0 Å². The molecule has 1 amide bonds. The Morgan fingerprint density at radius 2 is 1.57 bits per heavy atom. The molecule has 0 radical (unpaired) electrons. The summed E-state index contributed by atoms with van der Waals surface area (Å²) in [6, 6.07) is 24.7. The van der Waals surface area contributed by atoms with Crippen molar-refractivity contribution in [2.24, 2.45) is 0 Å². The first-order valence-corrected chi connectivity index (χ1v) is 9.10. The third-order valence-corrected chi connectivity index (χ3v) is 5.20. The second-order valence-corrected chi connectivity index (χ2v) is 6.73. The lowest BCUT2D eigenvalue weighted by molar-refractivity contribution is -0.129. The molecule has 28 heavy (non-hydrogen) atoms. The predicted molar refractivity (Wildman–Crippen MR) is 106 cm³/mol. The molecule has 138 valence electrons. The number of fused-ring (bicyclic) bond motifs is 1. The molecule has 4 aromatic rings. The van der Waals surface area contributed by atoms with E-state index >= 15 is 0 Å². The fraction of sp³-hybridized carbons (Fsp3) is 0.136. The highest BCUT2D eigenvalue weighted by Gasteiger charge is 2.51. The lowest BCUT2D eigenvalue weighted by Gasteiger charge is -2.47. The van der Waals surface area contributed by atoms with Gasteiger partial charge in [0, 0.05) is 5.69 Å². The second kappa shape index (κ2) is 6.49. The molecule has 0 N–H and O–H groups in total. The van der Waals surface area contributed by atoms with Crippen LogP contribution >= 0.6 is 0 Å². The molecule has 0 spiro atoms. The smallest absolute Gasteiger partial charge is 0.255 e. The van der Waals surface area contributed by atoms with Crippen molar-refractivity contribution >= 4 is 22.6 Å². The first-order valence-electron chi connectivity index (χ1n) is 9.10. The highest BCUT2D eigenvalue weighted by atomic mass is 16.5. The van der Waals surface area contributed by atoms with Crippen LogP contribution in [0.25, 0.3) is 11.0 Å². The first-order chi connectivity index (χ1) is 13.8. The summed E-state index contributed by atoms with van der Waals surface area (Å²) in [6.45, 7) is 0. The van der Waals surface area contributed by atoms with Gasteiger partial charge in [-0.1, -0.05) is 47.7 Å². The van der Waals surface area contributed by atoms with Crippen molar-refractivity contribution in [3.8, 4) is 5.75 Å². The van der Waals surface area contributed by atoms with Gasteiger partial charge in [0.1, 0.15) is 11.3 Å². The van der Waals surface area contributed by atoms with E-state index in [1.54, 1.807) is 11.8 Å². The zero-order valence-corrected chi connectivity index (χ0v) is 15.3. The number of ether oxygens (including phenoxy) is 1. The summed E-state index contributed by atoms with van der Waals surface area (Å²) in [5.41, 5.74) is 3.53. The quantitative estimate of drug-likeness (QED) is 0.513. The van der Waals surface area contributed by atoms with Crippen molar-refractivity contribution in [3.63, 3.8) is 0 Å².